The van der Waals surface area contributed by atoms with E-state index in [9.17, 15) is 5.11 Å². The first-order valence-electron chi connectivity index (χ1n) is 6.57. The van der Waals surface area contributed by atoms with Crippen molar-refractivity contribution in [1.29, 1.82) is 0 Å². The van der Waals surface area contributed by atoms with E-state index in [1.165, 1.54) is 12.8 Å². The van der Waals surface area contributed by atoms with Crippen LogP contribution in [0, 0.1) is 25.7 Å². The molecule has 1 fully saturated rings. The molecule has 100 valence electrons. The Hall–Kier alpha value is -1.36. The van der Waals surface area contributed by atoms with Crippen molar-refractivity contribution < 1.29 is 5.11 Å². The van der Waals surface area contributed by atoms with Gasteiger partial charge in [-0.3, -0.25) is 0 Å². The number of aliphatic hydroxyl groups is 1. The summed E-state index contributed by atoms with van der Waals surface area (Å²) < 4.78 is 0. The summed E-state index contributed by atoms with van der Waals surface area (Å²) in [6, 6.07) is 0. The summed E-state index contributed by atoms with van der Waals surface area (Å²) in [6.07, 6.45) is 3.52. The lowest BCUT2D eigenvalue weighted by molar-refractivity contribution is 0.199. The highest BCUT2D eigenvalue weighted by atomic mass is 16.3. The summed E-state index contributed by atoms with van der Waals surface area (Å²) >= 11 is 0. The molecule has 5 heteroatoms. The van der Waals surface area contributed by atoms with E-state index in [1.807, 2.05) is 13.8 Å². The number of aliphatic hydroxyl groups excluding tert-OH is 1. The van der Waals surface area contributed by atoms with Gasteiger partial charge >= 0.3 is 0 Å². The third-order valence-corrected chi connectivity index (χ3v) is 3.88. The van der Waals surface area contributed by atoms with Crippen molar-refractivity contribution in [2.75, 3.05) is 24.2 Å². The van der Waals surface area contributed by atoms with Gasteiger partial charge in [0.25, 0.3) is 0 Å². The van der Waals surface area contributed by atoms with E-state index in [-0.39, 0.29) is 6.61 Å². The zero-order valence-corrected chi connectivity index (χ0v) is 11.1. The highest BCUT2D eigenvalue weighted by Gasteiger charge is 2.26. The van der Waals surface area contributed by atoms with Crippen molar-refractivity contribution >= 4 is 11.6 Å². The number of aryl methyl sites for hydroxylation is 1. The molecule has 1 aliphatic rings. The molecule has 0 amide bonds. The highest BCUT2D eigenvalue weighted by molar-refractivity contribution is 5.54. The maximum atomic E-state index is 9.30. The number of hydrogen-bond acceptors (Lipinski definition) is 5. The summed E-state index contributed by atoms with van der Waals surface area (Å²) in [5.41, 5.74) is 6.73. The molecule has 0 aliphatic heterocycles. The number of nitrogen functional groups attached to an aromatic ring is 1. The van der Waals surface area contributed by atoms with Crippen LogP contribution in [0.3, 0.4) is 0 Å². The first kappa shape index (κ1) is 13.1. The van der Waals surface area contributed by atoms with E-state index < -0.39 is 0 Å². The van der Waals surface area contributed by atoms with Gasteiger partial charge in [-0.2, -0.15) is 0 Å². The second kappa shape index (κ2) is 5.52. The van der Waals surface area contributed by atoms with E-state index >= 15 is 0 Å². The molecule has 1 aliphatic carbocycles. The third-order valence-electron chi connectivity index (χ3n) is 3.88. The molecule has 0 aromatic carbocycles. The van der Waals surface area contributed by atoms with Crippen molar-refractivity contribution in [2.24, 2.45) is 11.8 Å². The number of nitrogens with one attached hydrogen (secondary N) is 1. The van der Waals surface area contributed by atoms with Crippen molar-refractivity contribution in [3.8, 4) is 0 Å². The minimum Gasteiger partial charge on any atom is -0.396 e. The third kappa shape index (κ3) is 2.72. The number of aromatic nitrogens is 2. The quantitative estimate of drug-likeness (QED) is 0.754. The first-order chi connectivity index (χ1) is 8.61. The van der Waals surface area contributed by atoms with Gasteiger partial charge in [0, 0.05) is 18.7 Å². The lowest BCUT2D eigenvalue weighted by Crippen LogP contribution is -2.22. The summed E-state index contributed by atoms with van der Waals surface area (Å²) in [5.74, 6) is 3.01. The second-order valence-corrected chi connectivity index (χ2v) is 5.14. The maximum absolute atomic E-state index is 9.30. The summed E-state index contributed by atoms with van der Waals surface area (Å²) in [5, 5.41) is 12.7. The monoisotopic (exact) mass is 250 g/mol. The van der Waals surface area contributed by atoms with Gasteiger partial charge in [-0.05, 0) is 38.5 Å². The largest absolute Gasteiger partial charge is 0.396 e. The van der Waals surface area contributed by atoms with Crippen LogP contribution in [-0.2, 0) is 0 Å². The van der Waals surface area contributed by atoms with Crippen LogP contribution in [0.15, 0.2) is 0 Å². The number of anilines is 2. The number of nitrogens with two attached hydrogens (primary N) is 1. The average Bonchev–Trinajstić information content (AvgIpc) is 2.79. The number of nitrogens with zero attached hydrogens (tertiary/aromatic N) is 2. The molecule has 1 saturated carbocycles. The van der Waals surface area contributed by atoms with Gasteiger partial charge in [-0.15, -0.1) is 0 Å². The molecule has 0 spiro atoms. The zero-order valence-electron chi connectivity index (χ0n) is 11.1. The summed E-state index contributed by atoms with van der Waals surface area (Å²) in [6.45, 7) is 4.90. The maximum Gasteiger partial charge on any atom is 0.134 e. The fraction of sp³-hybridized carbons (Fsp3) is 0.692. The Kier molecular flexibility index (Phi) is 4.01. The van der Waals surface area contributed by atoms with Crippen LogP contribution in [0.2, 0.25) is 0 Å². The van der Waals surface area contributed by atoms with Crippen LogP contribution >= 0.6 is 0 Å². The Morgan fingerprint density at radius 2 is 2.00 bits per heavy atom. The topological polar surface area (TPSA) is 84.1 Å². The Morgan fingerprint density at radius 3 is 2.72 bits per heavy atom. The van der Waals surface area contributed by atoms with Crippen LogP contribution in [0.1, 0.15) is 30.7 Å². The van der Waals surface area contributed by atoms with Crippen LogP contribution in [-0.4, -0.2) is 28.2 Å². The standard InChI is InChI=1S/C13H22N4O/c1-8-12(14)16-9(2)17-13(8)15-6-10-4-3-5-11(10)7-18/h10-11,18H,3-7H2,1-2H3,(H3,14,15,16,17). The van der Waals surface area contributed by atoms with Crippen molar-refractivity contribution in [1.82, 2.24) is 9.97 Å². The molecule has 4 N–H and O–H groups in total. The molecule has 2 rings (SSSR count). The minimum absolute atomic E-state index is 0.288. The van der Waals surface area contributed by atoms with E-state index in [4.69, 9.17) is 5.73 Å². The fourth-order valence-electron chi connectivity index (χ4n) is 2.67. The van der Waals surface area contributed by atoms with Crippen molar-refractivity contribution in [2.45, 2.75) is 33.1 Å². The Bertz CT molecular complexity index is 422. The highest BCUT2D eigenvalue weighted by Crippen LogP contribution is 2.31. The molecule has 5 nitrogen and oxygen atoms in total. The summed E-state index contributed by atoms with van der Waals surface area (Å²) in [7, 11) is 0. The van der Waals surface area contributed by atoms with Gasteiger partial charge in [0.1, 0.15) is 17.5 Å². The van der Waals surface area contributed by atoms with Gasteiger partial charge in [-0.1, -0.05) is 6.42 Å². The molecule has 2 unspecified atom stereocenters. The van der Waals surface area contributed by atoms with Gasteiger partial charge < -0.3 is 16.2 Å². The minimum atomic E-state index is 0.288. The van der Waals surface area contributed by atoms with Gasteiger partial charge in [0.2, 0.25) is 0 Å². The van der Waals surface area contributed by atoms with Crippen LogP contribution in [0.25, 0.3) is 0 Å². The van der Waals surface area contributed by atoms with E-state index in [1.54, 1.807) is 0 Å². The Labute approximate surface area is 108 Å². The Morgan fingerprint density at radius 1 is 1.28 bits per heavy atom. The molecule has 2 atom stereocenters. The Balaban J connectivity index is 2.02. The van der Waals surface area contributed by atoms with Crippen molar-refractivity contribution in [3.05, 3.63) is 11.4 Å². The molecule has 1 heterocycles. The summed E-state index contributed by atoms with van der Waals surface area (Å²) in [4.78, 5) is 8.51. The molecule has 0 saturated heterocycles. The van der Waals surface area contributed by atoms with E-state index in [2.05, 4.69) is 15.3 Å². The predicted molar refractivity (Wildman–Crippen MR) is 72.3 cm³/mol. The smallest absolute Gasteiger partial charge is 0.134 e. The molecule has 0 radical (unpaired) electrons. The first-order valence-corrected chi connectivity index (χ1v) is 6.57. The van der Waals surface area contributed by atoms with Crippen molar-refractivity contribution in [3.63, 3.8) is 0 Å². The lowest BCUT2D eigenvalue weighted by Gasteiger charge is -2.19. The SMILES string of the molecule is Cc1nc(N)c(C)c(NCC2CCCC2CO)n1. The molecular formula is C13H22N4O. The van der Waals surface area contributed by atoms with Gasteiger partial charge in [0.05, 0.1) is 0 Å². The average molecular weight is 250 g/mol. The predicted octanol–water partition coefficient (Wildman–Crippen LogP) is 1.50. The molecule has 1 aromatic heterocycles. The fourth-order valence-corrected chi connectivity index (χ4v) is 2.67. The van der Waals surface area contributed by atoms with Crippen LogP contribution < -0.4 is 11.1 Å². The zero-order chi connectivity index (χ0) is 13.1. The number of hydrogen-bond donors (Lipinski definition) is 3. The second-order valence-electron chi connectivity index (χ2n) is 5.14. The van der Waals surface area contributed by atoms with Gasteiger partial charge in [-0.25, -0.2) is 9.97 Å². The van der Waals surface area contributed by atoms with Gasteiger partial charge in [0.15, 0.2) is 0 Å². The van der Waals surface area contributed by atoms with Crippen LogP contribution in [0.5, 0.6) is 0 Å². The van der Waals surface area contributed by atoms with E-state index in [0.29, 0.717) is 23.5 Å². The number of rotatable bonds is 4. The lowest BCUT2D eigenvalue weighted by atomic mass is 9.97. The molecular weight excluding hydrogens is 228 g/mol. The normalized spacial score (nSPS) is 23.3. The molecule has 18 heavy (non-hydrogen) atoms. The molecule has 0 bridgehead atoms. The van der Waals surface area contributed by atoms with Crippen LogP contribution in [0.4, 0.5) is 11.6 Å². The van der Waals surface area contributed by atoms with E-state index in [0.717, 1.165) is 24.3 Å². The molecule has 1 aromatic rings.